The van der Waals surface area contributed by atoms with Gasteiger partial charge in [-0.3, -0.25) is 4.79 Å². The second kappa shape index (κ2) is 3.36. The van der Waals surface area contributed by atoms with E-state index in [9.17, 15) is 4.79 Å². The SMILES string of the molecule is C=CC1C2CC(=O)OC12c1ccc(OC)cc1. The summed E-state index contributed by atoms with van der Waals surface area (Å²) < 4.78 is 10.7. The van der Waals surface area contributed by atoms with Gasteiger partial charge in [0.15, 0.2) is 0 Å². The van der Waals surface area contributed by atoms with Crippen molar-refractivity contribution >= 4 is 5.97 Å². The number of rotatable bonds is 3. The van der Waals surface area contributed by atoms with Crippen LogP contribution in [0.25, 0.3) is 0 Å². The van der Waals surface area contributed by atoms with Crippen molar-refractivity contribution in [1.82, 2.24) is 0 Å². The number of ether oxygens (including phenoxy) is 2. The normalized spacial score (nSPS) is 33.8. The van der Waals surface area contributed by atoms with Crippen LogP contribution in [0.15, 0.2) is 36.9 Å². The standard InChI is InChI=1S/C14H14O3/c1-3-11-12-8-13(15)17-14(11,12)9-4-6-10(16-2)7-5-9/h3-7,11-12H,1,8H2,2H3. The molecule has 0 bridgehead atoms. The topological polar surface area (TPSA) is 35.5 Å². The largest absolute Gasteiger partial charge is 0.497 e. The second-order valence-electron chi connectivity index (χ2n) is 4.57. The van der Waals surface area contributed by atoms with Gasteiger partial charge in [-0.2, -0.15) is 0 Å². The molecule has 2 fully saturated rings. The maximum Gasteiger partial charge on any atom is 0.307 e. The third-order valence-corrected chi connectivity index (χ3v) is 3.83. The highest BCUT2D eigenvalue weighted by Gasteiger charge is 2.71. The summed E-state index contributed by atoms with van der Waals surface area (Å²) in [5.41, 5.74) is 0.601. The first-order valence-electron chi connectivity index (χ1n) is 5.71. The fourth-order valence-corrected chi connectivity index (χ4v) is 2.95. The van der Waals surface area contributed by atoms with Gasteiger partial charge in [0.05, 0.1) is 13.5 Å². The molecule has 2 aliphatic rings. The van der Waals surface area contributed by atoms with Crippen molar-refractivity contribution in [2.24, 2.45) is 11.8 Å². The van der Waals surface area contributed by atoms with Gasteiger partial charge in [-0.05, 0) is 17.7 Å². The van der Waals surface area contributed by atoms with E-state index in [0.717, 1.165) is 11.3 Å². The van der Waals surface area contributed by atoms with Crippen molar-refractivity contribution in [3.05, 3.63) is 42.5 Å². The molecule has 88 valence electrons. The van der Waals surface area contributed by atoms with Gasteiger partial charge >= 0.3 is 5.97 Å². The van der Waals surface area contributed by atoms with Crippen molar-refractivity contribution in [1.29, 1.82) is 0 Å². The van der Waals surface area contributed by atoms with Crippen LogP contribution in [-0.2, 0) is 15.1 Å². The first kappa shape index (κ1) is 10.4. The zero-order valence-corrected chi connectivity index (χ0v) is 9.68. The summed E-state index contributed by atoms with van der Waals surface area (Å²) in [5, 5.41) is 0. The summed E-state index contributed by atoms with van der Waals surface area (Å²) >= 11 is 0. The summed E-state index contributed by atoms with van der Waals surface area (Å²) in [4.78, 5) is 11.4. The van der Waals surface area contributed by atoms with Gasteiger partial charge in [-0.15, -0.1) is 6.58 Å². The van der Waals surface area contributed by atoms with Crippen molar-refractivity contribution < 1.29 is 14.3 Å². The molecule has 0 aromatic heterocycles. The van der Waals surface area contributed by atoms with Crippen LogP contribution in [0.1, 0.15) is 12.0 Å². The monoisotopic (exact) mass is 230 g/mol. The Morgan fingerprint density at radius 2 is 2.18 bits per heavy atom. The van der Waals surface area contributed by atoms with Crippen LogP contribution in [0.5, 0.6) is 5.75 Å². The molecular weight excluding hydrogens is 216 g/mol. The van der Waals surface area contributed by atoms with E-state index in [-0.39, 0.29) is 17.8 Å². The Labute approximate surface area is 100 Å². The third-order valence-electron chi connectivity index (χ3n) is 3.83. The molecule has 1 aliphatic carbocycles. The third kappa shape index (κ3) is 1.25. The number of benzene rings is 1. The average Bonchev–Trinajstić information content (AvgIpc) is 2.81. The number of hydrogen-bond acceptors (Lipinski definition) is 3. The molecule has 1 heterocycles. The highest BCUT2D eigenvalue weighted by molar-refractivity contribution is 5.76. The number of hydrogen-bond donors (Lipinski definition) is 0. The lowest BCUT2D eigenvalue weighted by molar-refractivity contribution is -0.146. The van der Waals surface area contributed by atoms with E-state index < -0.39 is 5.60 Å². The molecule has 0 N–H and O–H groups in total. The minimum absolute atomic E-state index is 0.107. The average molecular weight is 230 g/mol. The van der Waals surface area contributed by atoms with Crippen molar-refractivity contribution in [2.45, 2.75) is 12.0 Å². The number of fused-ring (bicyclic) bond motifs is 1. The van der Waals surface area contributed by atoms with E-state index in [1.165, 1.54) is 0 Å². The number of esters is 1. The van der Waals surface area contributed by atoms with Gasteiger partial charge in [0, 0.05) is 11.8 Å². The van der Waals surface area contributed by atoms with E-state index in [2.05, 4.69) is 6.58 Å². The summed E-state index contributed by atoms with van der Waals surface area (Å²) in [6.45, 7) is 3.82. The lowest BCUT2D eigenvalue weighted by Crippen LogP contribution is -2.15. The van der Waals surface area contributed by atoms with E-state index >= 15 is 0 Å². The number of carbonyl (C=O) groups is 1. The van der Waals surface area contributed by atoms with Crippen LogP contribution in [0.3, 0.4) is 0 Å². The van der Waals surface area contributed by atoms with E-state index in [1.807, 2.05) is 30.3 Å². The maximum atomic E-state index is 11.4. The second-order valence-corrected chi connectivity index (χ2v) is 4.57. The molecule has 3 unspecified atom stereocenters. The van der Waals surface area contributed by atoms with Crippen LogP contribution in [0.4, 0.5) is 0 Å². The Bertz CT molecular complexity index is 477. The Morgan fingerprint density at radius 1 is 1.47 bits per heavy atom. The van der Waals surface area contributed by atoms with Crippen LogP contribution in [0, 0.1) is 11.8 Å². The molecule has 1 aromatic carbocycles. The first-order chi connectivity index (χ1) is 8.22. The van der Waals surface area contributed by atoms with Gasteiger partial charge in [-0.1, -0.05) is 18.2 Å². The predicted molar refractivity (Wildman–Crippen MR) is 62.6 cm³/mol. The fraction of sp³-hybridized carbons (Fsp3) is 0.357. The molecule has 0 radical (unpaired) electrons. The van der Waals surface area contributed by atoms with Crippen molar-refractivity contribution in [3.8, 4) is 5.75 Å². The zero-order valence-electron chi connectivity index (χ0n) is 9.68. The van der Waals surface area contributed by atoms with Crippen LogP contribution >= 0.6 is 0 Å². The Balaban J connectivity index is 1.96. The molecule has 1 aromatic rings. The van der Waals surface area contributed by atoms with Gasteiger partial charge in [-0.25, -0.2) is 0 Å². The molecule has 1 aliphatic heterocycles. The maximum absolute atomic E-state index is 11.4. The summed E-state index contributed by atoms with van der Waals surface area (Å²) in [7, 11) is 1.63. The zero-order chi connectivity index (χ0) is 12.0. The van der Waals surface area contributed by atoms with E-state index in [0.29, 0.717) is 6.42 Å². The summed E-state index contributed by atoms with van der Waals surface area (Å²) in [6, 6.07) is 7.72. The quantitative estimate of drug-likeness (QED) is 0.590. The lowest BCUT2D eigenvalue weighted by Gasteiger charge is -2.15. The summed E-state index contributed by atoms with van der Waals surface area (Å²) in [5.74, 6) is 1.22. The Morgan fingerprint density at radius 3 is 2.76 bits per heavy atom. The predicted octanol–water partition coefficient (Wildman–Crippen LogP) is 2.27. The lowest BCUT2D eigenvalue weighted by atomic mass is 10.0. The molecule has 1 saturated carbocycles. The Kier molecular flexibility index (Phi) is 2.05. The van der Waals surface area contributed by atoms with Crippen LogP contribution in [-0.4, -0.2) is 13.1 Å². The molecule has 3 heteroatoms. The molecule has 1 saturated heterocycles. The highest BCUT2D eigenvalue weighted by atomic mass is 16.6. The minimum atomic E-state index is -0.439. The van der Waals surface area contributed by atoms with Crippen LogP contribution in [0.2, 0.25) is 0 Å². The number of methoxy groups -OCH3 is 1. The van der Waals surface area contributed by atoms with Gasteiger partial charge in [0.1, 0.15) is 11.4 Å². The van der Waals surface area contributed by atoms with E-state index in [4.69, 9.17) is 9.47 Å². The molecule has 3 rings (SSSR count). The fourth-order valence-electron chi connectivity index (χ4n) is 2.95. The molecule has 3 atom stereocenters. The first-order valence-corrected chi connectivity index (χ1v) is 5.71. The molecule has 0 amide bonds. The van der Waals surface area contributed by atoms with Crippen molar-refractivity contribution in [2.75, 3.05) is 7.11 Å². The molecule has 0 spiro atoms. The Hall–Kier alpha value is -1.77. The number of carbonyl (C=O) groups excluding carboxylic acids is 1. The molecular formula is C14H14O3. The van der Waals surface area contributed by atoms with Crippen LogP contribution < -0.4 is 4.74 Å². The minimum Gasteiger partial charge on any atom is -0.497 e. The van der Waals surface area contributed by atoms with Gasteiger partial charge in [0.2, 0.25) is 0 Å². The van der Waals surface area contributed by atoms with Gasteiger partial charge in [0.25, 0.3) is 0 Å². The smallest absolute Gasteiger partial charge is 0.307 e. The van der Waals surface area contributed by atoms with E-state index in [1.54, 1.807) is 7.11 Å². The molecule has 17 heavy (non-hydrogen) atoms. The molecule has 3 nitrogen and oxygen atoms in total. The van der Waals surface area contributed by atoms with Gasteiger partial charge < -0.3 is 9.47 Å². The highest BCUT2D eigenvalue weighted by Crippen LogP contribution is 2.66. The van der Waals surface area contributed by atoms with Crippen molar-refractivity contribution in [3.63, 3.8) is 0 Å². The summed E-state index contributed by atoms with van der Waals surface area (Å²) in [6.07, 6.45) is 2.39.